The van der Waals surface area contributed by atoms with Gasteiger partial charge in [0.15, 0.2) is 0 Å². The van der Waals surface area contributed by atoms with Crippen LogP contribution < -0.4 is 5.32 Å². The van der Waals surface area contributed by atoms with E-state index in [9.17, 15) is 0 Å². The van der Waals surface area contributed by atoms with E-state index in [1.54, 1.807) is 0 Å². The second-order valence-electron chi connectivity index (χ2n) is 4.58. The van der Waals surface area contributed by atoms with Crippen molar-refractivity contribution in [3.63, 3.8) is 0 Å². The lowest BCUT2D eigenvalue weighted by Gasteiger charge is -2.13. The molecule has 1 rings (SSSR count). The summed E-state index contributed by atoms with van der Waals surface area (Å²) in [5.74, 6) is 7.03. The third kappa shape index (κ3) is 5.58. The summed E-state index contributed by atoms with van der Waals surface area (Å²) >= 11 is 0. The van der Waals surface area contributed by atoms with Gasteiger partial charge in [0.25, 0.3) is 0 Å². The Morgan fingerprint density at radius 3 is 2.44 bits per heavy atom. The molecule has 0 saturated carbocycles. The Morgan fingerprint density at radius 2 is 1.81 bits per heavy atom. The van der Waals surface area contributed by atoms with Crippen molar-refractivity contribution >= 4 is 0 Å². The number of hydrogen-bond acceptors (Lipinski definition) is 1. The van der Waals surface area contributed by atoms with E-state index in [4.69, 9.17) is 0 Å². The fourth-order valence-corrected chi connectivity index (χ4v) is 1.68. The molecule has 0 aromatic heterocycles. The molecule has 1 nitrogen and oxygen atoms in total. The number of hydrogen-bond donors (Lipinski definition) is 1. The van der Waals surface area contributed by atoms with Gasteiger partial charge in [0.1, 0.15) is 0 Å². The topological polar surface area (TPSA) is 12.0 Å². The molecular formula is C15H21N. The van der Waals surface area contributed by atoms with Crippen molar-refractivity contribution in [1.82, 2.24) is 5.32 Å². The molecule has 0 saturated heterocycles. The van der Waals surface area contributed by atoms with Crippen molar-refractivity contribution in [2.24, 2.45) is 5.92 Å². The first kappa shape index (κ1) is 12.8. The zero-order chi connectivity index (χ0) is 11.8. The van der Waals surface area contributed by atoms with E-state index in [-0.39, 0.29) is 0 Å². The van der Waals surface area contributed by atoms with Crippen LogP contribution in [0.25, 0.3) is 0 Å². The van der Waals surface area contributed by atoms with Crippen LogP contribution >= 0.6 is 0 Å². The predicted octanol–water partition coefficient (Wildman–Crippen LogP) is 3.06. The molecule has 0 aliphatic carbocycles. The first-order chi connectivity index (χ1) is 7.68. The lowest BCUT2D eigenvalue weighted by molar-refractivity contribution is 0.459. The van der Waals surface area contributed by atoms with Crippen LogP contribution in [0.1, 0.15) is 32.8 Å². The number of nitrogens with one attached hydrogen (secondary N) is 1. The fourth-order valence-electron chi connectivity index (χ4n) is 1.68. The quantitative estimate of drug-likeness (QED) is 0.761. The van der Waals surface area contributed by atoms with Gasteiger partial charge in [-0.25, -0.2) is 0 Å². The molecule has 1 aromatic rings. The van der Waals surface area contributed by atoms with E-state index in [0.29, 0.717) is 6.04 Å². The van der Waals surface area contributed by atoms with Crippen molar-refractivity contribution in [2.45, 2.75) is 33.2 Å². The minimum Gasteiger partial charge on any atom is -0.304 e. The molecule has 0 aliphatic rings. The molecule has 0 bridgehead atoms. The van der Waals surface area contributed by atoms with Crippen LogP contribution in [0.15, 0.2) is 30.3 Å². The standard InChI is InChI=1S/C15H21N/c1-13(2)12-14(3)16-11-7-10-15-8-5-4-6-9-15/h4-6,8-9,13-14,16H,11-12H2,1-3H3. The van der Waals surface area contributed by atoms with Crippen molar-refractivity contribution < 1.29 is 0 Å². The monoisotopic (exact) mass is 215 g/mol. The van der Waals surface area contributed by atoms with Gasteiger partial charge in [-0.2, -0.15) is 0 Å². The minimum absolute atomic E-state index is 0.546. The average molecular weight is 215 g/mol. The SMILES string of the molecule is CC(C)CC(C)NCC#Cc1ccccc1. The van der Waals surface area contributed by atoms with Crippen molar-refractivity contribution in [2.75, 3.05) is 6.54 Å². The molecule has 0 fully saturated rings. The van der Waals surface area contributed by atoms with Gasteiger partial charge in [0, 0.05) is 11.6 Å². The van der Waals surface area contributed by atoms with Crippen LogP contribution in [-0.4, -0.2) is 12.6 Å². The molecule has 0 radical (unpaired) electrons. The Kier molecular flexibility index (Phi) is 5.67. The minimum atomic E-state index is 0.546. The molecular weight excluding hydrogens is 194 g/mol. The van der Waals surface area contributed by atoms with Gasteiger partial charge in [-0.15, -0.1) is 0 Å². The molecule has 1 atom stereocenters. The van der Waals surface area contributed by atoms with E-state index in [1.807, 2.05) is 30.3 Å². The Morgan fingerprint density at radius 1 is 1.12 bits per heavy atom. The van der Waals surface area contributed by atoms with Gasteiger partial charge in [0.2, 0.25) is 0 Å². The lowest BCUT2D eigenvalue weighted by atomic mass is 10.1. The van der Waals surface area contributed by atoms with Crippen LogP contribution in [0.5, 0.6) is 0 Å². The molecule has 1 aromatic carbocycles. The molecule has 16 heavy (non-hydrogen) atoms. The average Bonchev–Trinajstić information content (AvgIpc) is 2.25. The highest BCUT2D eigenvalue weighted by molar-refractivity contribution is 5.33. The van der Waals surface area contributed by atoms with E-state index in [1.165, 1.54) is 6.42 Å². The maximum Gasteiger partial charge on any atom is 0.0582 e. The Labute approximate surface area is 99.3 Å². The summed E-state index contributed by atoms with van der Waals surface area (Å²) in [6.45, 7) is 7.47. The highest BCUT2D eigenvalue weighted by Gasteiger charge is 2.01. The Balaban J connectivity index is 2.28. The van der Waals surface area contributed by atoms with Crippen LogP contribution in [0.2, 0.25) is 0 Å². The summed E-state index contributed by atoms with van der Waals surface area (Å²) in [7, 11) is 0. The largest absolute Gasteiger partial charge is 0.304 e. The van der Waals surface area contributed by atoms with E-state index < -0.39 is 0 Å². The first-order valence-corrected chi connectivity index (χ1v) is 5.96. The first-order valence-electron chi connectivity index (χ1n) is 5.96. The predicted molar refractivity (Wildman–Crippen MR) is 70.2 cm³/mol. The molecule has 0 aliphatic heterocycles. The summed E-state index contributed by atoms with van der Waals surface area (Å²) in [5.41, 5.74) is 1.08. The normalized spacial score (nSPS) is 12.0. The van der Waals surface area contributed by atoms with Gasteiger partial charge < -0.3 is 5.32 Å². The van der Waals surface area contributed by atoms with Gasteiger partial charge >= 0.3 is 0 Å². The summed E-state index contributed by atoms with van der Waals surface area (Å²) < 4.78 is 0. The molecule has 0 spiro atoms. The van der Waals surface area contributed by atoms with Crippen LogP contribution in [-0.2, 0) is 0 Å². The second-order valence-corrected chi connectivity index (χ2v) is 4.58. The van der Waals surface area contributed by atoms with Crippen molar-refractivity contribution in [1.29, 1.82) is 0 Å². The van der Waals surface area contributed by atoms with E-state index in [0.717, 1.165) is 18.0 Å². The zero-order valence-corrected chi connectivity index (χ0v) is 10.5. The van der Waals surface area contributed by atoms with Gasteiger partial charge in [-0.3, -0.25) is 0 Å². The fraction of sp³-hybridized carbons (Fsp3) is 0.467. The molecule has 1 N–H and O–H groups in total. The maximum atomic E-state index is 3.41. The van der Waals surface area contributed by atoms with Crippen LogP contribution in [0, 0.1) is 17.8 Å². The summed E-state index contributed by atoms with van der Waals surface area (Å²) in [6.07, 6.45) is 1.20. The van der Waals surface area contributed by atoms with E-state index >= 15 is 0 Å². The third-order valence-electron chi connectivity index (χ3n) is 2.37. The van der Waals surface area contributed by atoms with Gasteiger partial charge in [-0.1, -0.05) is 43.9 Å². The maximum absolute atomic E-state index is 3.41. The molecule has 1 heteroatoms. The Hall–Kier alpha value is -1.26. The van der Waals surface area contributed by atoms with Gasteiger partial charge in [0.05, 0.1) is 6.54 Å². The highest BCUT2D eigenvalue weighted by Crippen LogP contribution is 2.02. The number of rotatable bonds is 4. The van der Waals surface area contributed by atoms with Crippen LogP contribution in [0.3, 0.4) is 0 Å². The summed E-state index contributed by atoms with van der Waals surface area (Å²) in [6, 6.07) is 10.6. The molecule has 0 amide bonds. The van der Waals surface area contributed by atoms with Crippen molar-refractivity contribution in [3.05, 3.63) is 35.9 Å². The smallest absolute Gasteiger partial charge is 0.0582 e. The highest BCUT2D eigenvalue weighted by atomic mass is 14.9. The van der Waals surface area contributed by atoms with E-state index in [2.05, 4.69) is 37.9 Å². The number of benzene rings is 1. The zero-order valence-electron chi connectivity index (χ0n) is 10.5. The van der Waals surface area contributed by atoms with Crippen LogP contribution in [0.4, 0.5) is 0 Å². The lowest BCUT2D eigenvalue weighted by Crippen LogP contribution is -2.27. The van der Waals surface area contributed by atoms with Gasteiger partial charge in [-0.05, 0) is 31.4 Å². The molecule has 0 heterocycles. The third-order valence-corrected chi connectivity index (χ3v) is 2.37. The molecule has 86 valence electrons. The van der Waals surface area contributed by atoms with Crippen molar-refractivity contribution in [3.8, 4) is 11.8 Å². The molecule has 1 unspecified atom stereocenters. The summed E-state index contributed by atoms with van der Waals surface area (Å²) in [5, 5.41) is 3.41. The second kappa shape index (κ2) is 7.09. The summed E-state index contributed by atoms with van der Waals surface area (Å²) in [4.78, 5) is 0. The Bertz CT molecular complexity index is 343.